The van der Waals surface area contributed by atoms with Gasteiger partial charge in [-0.2, -0.15) is 8.73 Å². The summed E-state index contributed by atoms with van der Waals surface area (Å²) in [5.41, 5.74) is 1.31. The van der Waals surface area contributed by atoms with Crippen LogP contribution in [0.5, 0.6) is 0 Å². The number of nitrogens with zero attached hydrogens (tertiary/aromatic N) is 6. The molecule has 10 nitrogen and oxygen atoms in total. The highest BCUT2D eigenvalue weighted by Gasteiger charge is 2.20. The number of nitrogens with one attached hydrogen (secondary N) is 1. The van der Waals surface area contributed by atoms with Crippen LogP contribution >= 0.6 is 11.8 Å². The zero-order chi connectivity index (χ0) is 23.0. The molecule has 0 aliphatic carbocycles. The van der Waals surface area contributed by atoms with Crippen molar-refractivity contribution < 1.29 is 4.79 Å². The van der Waals surface area contributed by atoms with E-state index in [0.717, 1.165) is 27.7 Å². The molecule has 0 spiro atoms. The predicted molar refractivity (Wildman–Crippen MR) is 126 cm³/mol. The molecule has 0 saturated carbocycles. The lowest BCUT2D eigenvalue weighted by Gasteiger charge is -2.15. The molecule has 3 heterocycles. The maximum absolute atomic E-state index is 12.9. The maximum Gasteiger partial charge on any atom is 0.332 e. The molecule has 0 fully saturated rings. The molecule has 0 saturated heterocycles. The predicted octanol–water partition coefficient (Wildman–Crippen LogP) is 2.91. The van der Waals surface area contributed by atoms with Gasteiger partial charge in [-0.1, -0.05) is 31.7 Å². The number of rotatable bonds is 6. The van der Waals surface area contributed by atoms with Crippen LogP contribution in [0.1, 0.15) is 19.7 Å². The first-order chi connectivity index (χ1) is 15.3. The smallest absolute Gasteiger partial charge is 0.323 e. The fourth-order valence-corrected chi connectivity index (χ4v) is 4.71. The summed E-state index contributed by atoms with van der Waals surface area (Å²) in [7, 11) is 1.44. The summed E-state index contributed by atoms with van der Waals surface area (Å²) in [4.78, 5) is 47.0. The third-order valence-electron chi connectivity index (χ3n) is 4.71. The van der Waals surface area contributed by atoms with E-state index in [-0.39, 0.29) is 23.0 Å². The van der Waals surface area contributed by atoms with Gasteiger partial charge in [0.2, 0.25) is 5.91 Å². The van der Waals surface area contributed by atoms with Crippen molar-refractivity contribution in [1.82, 2.24) is 19.1 Å². The molecule has 1 amide bonds. The van der Waals surface area contributed by atoms with E-state index < -0.39 is 11.2 Å². The molecule has 0 radical (unpaired) electrons. The van der Waals surface area contributed by atoms with Crippen LogP contribution in [-0.2, 0) is 29.7 Å². The van der Waals surface area contributed by atoms with Gasteiger partial charge in [0.05, 0.1) is 22.8 Å². The Bertz CT molecular complexity index is 1440. The van der Waals surface area contributed by atoms with Gasteiger partial charge >= 0.3 is 5.69 Å². The Hall–Kier alpha value is -3.12. The topological polar surface area (TPSA) is 124 Å². The SMILES string of the molecule is Cc1nc(SCC(=O)Nc2cccc3c2N=S=N3)c2c(=O)n(C)c(=O)n(CC(C)C)c2n1. The summed E-state index contributed by atoms with van der Waals surface area (Å²) in [5.74, 6) is 0.344. The standard InChI is InChI=1S/C20H21N7O3S2/c1-10(2)8-27-17-15(19(29)26(4)20(27)30)18(22-11(3)21-17)31-9-14(28)23-12-6-5-7-13-16(12)25-32-24-13/h5-7,10H,8-9H2,1-4H3,(H,23,28). The van der Waals surface area contributed by atoms with Gasteiger partial charge < -0.3 is 5.32 Å². The maximum atomic E-state index is 12.9. The molecular weight excluding hydrogens is 450 g/mol. The molecule has 1 aromatic carbocycles. The number of hydrogen-bond donors (Lipinski definition) is 1. The number of fused-ring (bicyclic) bond motifs is 2. The van der Waals surface area contributed by atoms with Crippen molar-refractivity contribution in [3.05, 3.63) is 44.9 Å². The van der Waals surface area contributed by atoms with Crippen molar-refractivity contribution in [2.75, 3.05) is 11.1 Å². The first-order valence-electron chi connectivity index (χ1n) is 9.88. The molecule has 0 bridgehead atoms. The van der Waals surface area contributed by atoms with E-state index in [2.05, 4.69) is 24.0 Å². The van der Waals surface area contributed by atoms with Crippen LogP contribution in [0.25, 0.3) is 11.0 Å². The Morgan fingerprint density at radius 1 is 1.22 bits per heavy atom. The van der Waals surface area contributed by atoms with Crippen LogP contribution in [0.3, 0.4) is 0 Å². The van der Waals surface area contributed by atoms with Crippen LogP contribution in [0, 0.1) is 12.8 Å². The number of aryl methyl sites for hydroxylation is 1. The van der Waals surface area contributed by atoms with Gasteiger partial charge in [-0.05, 0) is 25.0 Å². The number of benzene rings is 1. The third kappa shape index (κ3) is 4.15. The molecule has 4 rings (SSSR count). The lowest BCUT2D eigenvalue weighted by atomic mass is 10.2. The molecule has 2 aromatic heterocycles. The second kappa shape index (κ2) is 8.79. The van der Waals surface area contributed by atoms with Gasteiger partial charge in [0.15, 0.2) is 5.65 Å². The van der Waals surface area contributed by atoms with Gasteiger partial charge in [0, 0.05) is 13.6 Å². The van der Waals surface area contributed by atoms with Crippen molar-refractivity contribution >= 4 is 57.1 Å². The minimum atomic E-state index is -0.480. The zero-order valence-corrected chi connectivity index (χ0v) is 19.6. The number of anilines is 1. The monoisotopic (exact) mass is 471 g/mol. The Morgan fingerprint density at radius 2 is 2.00 bits per heavy atom. The molecule has 3 aromatic rings. The second-order valence-electron chi connectivity index (χ2n) is 7.70. The van der Waals surface area contributed by atoms with Crippen molar-refractivity contribution in [3.8, 4) is 0 Å². The second-order valence-corrected chi connectivity index (χ2v) is 9.19. The Labute approximate surface area is 191 Å². The van der Waals surface area contributed by atoms with Crippen molar-refractivity contribution in [3.63, 3.8) is 0 Å². The molecule has 12 heteroatoms. The molecule has 166 valence electrons. The van der Waals surface area contributed by atoms with E-state index in [1.54, 1.807) is 19.1 Å². The minimum Gasteiger partial charge on any atom is -0.323 e. The highest BCUT2D eigenvalue weighted by molar-refractivity contribution is 8.00. The first-order valence-corrected chi connectivity index (χ1v) is 11.6. The zero-order valence-electron chi connectivity index (χ0n) is 17.9. The number of carbonyl (C=O) groups is 1. The summed E-state index contributed by atoms with van der Waals surface area (Å²) in [6.45, 7) is 6.07. The molecule has 1 aliphatic heterocycles. The third-order valence-corrected chi connectivity index (χ3v) is 6.23. The van der Waals surface area contributed by atoms with E-state index in [9.17, 15) is 14.4 Å². The van der Waals surface area contributed by atoms with Crippen molar-refractivity contribution in [2.45, 2.75) is 32.3 Å². The highest BCUT2D eigenvalue weighted by Crippen LogP contribution is 2.38. The number of carbonyl (C=O) groups excluding carboxylic acids is 1. The molecule has 1 N–H and O–H groups in total. The van der Waals surface area contributed by atoms with Crippen LogP contribution < -0.4 is 16.6 Å². The quantitative estimate of drug-likeness (QED) is 0.341. The Kier molecular flexibility index (Phi) is 6.07. The number of hydrogen-bond acceptors (Lipinski definition) is 8. The number of amides is 1. The molecule has 0 unspecified atom stereocenters. The Morgan fingerprint density at radius 3 is 2.75 bits per heavy atom. The normalized spacial score (nSPS) is 12.3. The largest absolute Gasteiger partial charge is 0.332 e. The van der Waals surface area contributed by atoms with Gasteiger partial charge in [-0.15, -0.1) is 0 Å². The highest BCUT2D eigenvalue weighted by atomic mass is 32.2. The minimum absolute atomic E-state index is 0.0198. The summed E-state index contributed by atoms with van der Waals surface area (Å²) >= 11 is 2.21. The first kappa shape index (κ1) is 22.1. The average Bonchev–Trinajstić information content (AvgIpc) is 3.23. The number of thioether (sulfide) groups is 1. The van der Waals surface area contributed by atoms with Gasteiger partial charge in [-0.25, -0.2) is 14.8 Å². The van der Waals surface area contributed by atoms with E-state index in [1.807, 2.05) is 19.9 Å². The van der Waals surface area contributed by atoms with Crippen molar-refractivity contribution in [1.29, 1.82) is 0 Å². The molecule has 1 aliphatic rings. The van der Waals surface area contributed by atoms with Crippen LogP contribution in [-0.4, -0.2) is 30.8 Å². The van der Waals surface area contributed by atoms with Gasteiger partial charge in [0.1, 0.15) is 27.6 Å². The fraction of sp³-hybridized carbons (Fsp3) is 0.350. The van der Waals surface area contributed by atoms with Gasteiger partial charge in [-0.3, -0.25) is 18.7 Å². The summed E-state index contributed by atoms with van der Waals surface area (Å²) in [5, 5.41) is 3.45. The summed E-state index contributed by atoms with van der Waals surface area (Å²) in [6, 6.07) is 5.38. The van der Waals surface area contributed by atoms with Crippen LogP contribution in [0.15, 0.2) is 41.5 Å². The Balaban J connectivity index is 1.66. The van der Waals surface area contributed by atoms with Gasteiger partial charge in [0.25, 0.3) is 5.56 Å². The lowest BCUT2D eigenvalue weighted by molar-refractivity contribution is -0.113. The fourth-order valence-electron chi connectivity index (χ4n) is 3.30. The summed E-state index contributed by atoms with van der Waals surface area (Å²) in [6.07, 6.45) is 0. The van der Waals surface area contributed by atoms with Crippen LogP contribution in [0.2, 0.25) is 0 Å². The number of aromatic nitrogens is 4. The molecule has 32 heavy (non-hydrogen) atoms. The van der Waals surface area contributed by atoms with E-state index in [4.69, 9.17) is 0 Å². The summed E-state index contributed by atoms with van der Waals surface area (Å²) < 4.78 is 10.9. The van der Waals surface area contributed by atoms with Crippen molar-refractivity contribution in [2.24, 2.45) is 21.7 Å². The van der Waals surface area contributed by atoms with E-state index in [0.29, 0.717) is 40.1 Å². The van der Waals surface area contributed by atoms with E-state index >= 15 is 0 Å². The molecule has 0 atom stereocenters. The lowest BCUT2D eigenvalue weighted by Crippen LogP contribution is -2.39. The van der Waals surface area contributed by atoms with E-state index in [1.165, 1.54) is 11.6 Å². The van der Waals surface area contributed by atoms with Crippen LogP contribution in [0.4, 0.5) is 17.1 Å². The average molecular weight is 472 g/mol. The molecular formula is C20H21N7O3S2.